The van der Waals surface area contributed by atoms with Gasteiger partial charge >= 0.3 is 17.9 Å². The third-order valence-electron chi connectivity index (χ3n) is 6.68. The zero-order chi connectivity index (χ0) is 29.0. The van der Waals surface area contributed by atoms with E-state index >= 15 is 0 Å². The highest BCUT2D eigenvalue weighted by atomic mass is 32.1. The van der Waals surface area contributed by atoms with E-state index in [1.807, 2.05) is 44.2 Å². The molecule has 2 aromatic heterocycles. The molecule has 1 fully saturated rings. The molecule has 5 atom stereocenters. The van der Waals surface area contributed by atoms with E-state index in [-0.39, 0.29) is 0 Å². The van der Waals surface area contributed by atoms with Gasteiger partial charge in [0.1, 0.15) is 6.10 Å². The number of pyridine rings is 1. The van der Waals surface area contributed by atoms with E-state index in [2.05, 4.69) is 4.98 Å². The average Bonchev–Trinajstić information content (AvgIpc) is 3.35. The van der Waals surface area contributed by atoms with Gasteiger partial charge in [0.25, 0.3) is 0 Å². The molecule has 0 N–H and O–H groups in total. The molecule has 3 heterocycles. The molecule has 1 saturated heterocycles. The summed E-state index contributed by atoms with van der Waals surface area (Å²) in [5.74, 6) is -2.26. The molecule has 4 rings (SSSR count). The van der Waals surface area contributed by atoms with Gasteiger partial charge in [-0.05, 0) is 54.3 Å². The molecule has 0 amide bonds. The maximum Gasteiger partial charge on any atom is 0.303 e. The summed E-state index contributed by atoms with van der Waals surface area (Å²) < 4.78 is 36.4. The van der Waals surface area contributed by atoms with Crippen molar-refractivity contribution in [1.29, 1.82) is 0 Å². The number of aryl methyl sites for hydroxylation is 1. The van der Waals surface area contributed by atoms with Gasteiger partial charge in [0.2, 0.25) is 5.95 Å². The Morgan fingerprint density at radius 1 is 0.925 bits per heavy atom. The Morgan fingerprint density at radius 3 is 2.23 bits per heavy atom. The Labute approximate surface area is 236 Å². The van der Waals surface area contributed by atoms with Crippen LogP contribution in [0.3, 0.4) is 0 Å². The fraction of sp³-hybridized carbons (Fsp3) is 0.400. The summed E-state index contributed by atoms with van der Waals surface area (Å²) >= 11 is 1.59. The van der Waals surface area contributed by atoms with Crippen LogP contribution in [0.5, 0.6) is 0 Å². The summed E-state index contributed by atoms with van der Waals surface area (Å²) in [5.41, 5.74) is 3.67. The Bertz CT molecular complexity index is 1370. The minimum absolute atomic E-state index is 0.466. The Balaban J connectivity index is 1.67. The lowest BCUT2D eigenvalue weighted by Gasteiger charge is -2.45. The number of carbonyl (C=O) groups is 3. The van der Waals surface area contributed by atoms with Crippen LogP contribution in [-0.2, 0) is 39.8 Å². The first kappa shape index (κ1) is 29.4. The minimum atomic E-state index is -1.05. The van der Waals surface area contributed by atoms with E-state index in [1.54, 1.807) is 17.4 Å². The van der Waals surface area contributed by atoms with Crippen molar-refractivity contribution in [2.75, 3.05) is 0 Å². The normalized spacial score (nSPS) is 22.4. The second kappa shape index (κ2) is 12.7. The van der Waals surface area contributed by atoms with Gasteiger partial charge in [-0.25, -0.2) is 4.98 Å². The SMILES string of the molecule is CC[C@H]1O[C@@H](c2ccc(C)c(Cc3ccc(-c4ccc(F)nc4)s3)c2)[C@H](OC(C)=O)[C@@H](OC(C)=O)[C@@H]1OC(C)=O. The van der Waals surface area contributed by atoms with Crippen molar-refractivity contribution in [3.63, 3.8) is 0 Å². The van der Waals surface area contributed by atoms with Crippen LogP contribution in [0.2, 0.25) is 0 Å². The number of halogens is 1. The summed E-state index contributed by atoms with van der Waals surface area (Å²) in [6.07, 6.45) is -1.79. The molecule has 40 heavy (non-hydrogen) atoms. The molecular formula is C30H32FNO7S. The van der Waals surface area contributed by atoms with Crippen LogP contribution in [0.1, 0.15) is 61.8 Å². The van der Waals surface area contributed by atoms with Crippen molar-refractivity contribution < 1.29 is 37.7 Å². The number of carbonyl (C=O) groups excluding carboxylic acids is 3. The topological polar surface area (TPSA) is 101 Å². The predicted molar refractivity (Wildman–Crippen MR) is 146 cm³/mol. The smallest absolute Gasteiger partial charge is 0.303 e. The van der Waals surface area contributed by atoms with Crippen LogP contribution in [0, 0.1) is 12.9 Å². The zero-order valence-corrected chi connectivity index (χ0v) is 23.8. The third kappa shape index (κ3) is 6.92. The summed E-state index contributed by atoms with van der Waals surface area (Å²) in [4.78, 5) is 41.9. The molecule has 212 valence electrons. The number of hydrogen-bond donors (Lipinski definition) is 0. The molecule has 1 aromatic carbocycles. The van der Waals surface area contributed by atoms with Crippen molar-refractivity contribution in [3.8, 4) is 10.4 Å². The van der Waals surface area contributed by atoms with Gasteiger partial charge in [0.05, 0.1) is 6.10 Å². The Kier molecular flexibility index (Phi) is 9.32. The molecule has 1 aliphatic heterocycles. The first-order valence-electron chi connectivity index (χ1n) is 13.0. The van der Waals surface area contributed by atoms with E-state index < -0.39 is 54.4 Å². The summed E-state index contributed by atoms with van der Waals surface area (Å²) in [7, 11) is 0. The van der Waals surface area contributed by atoms with Crippen LogP contribution in [0.25, 0.3) is 10.4 Å². The molecule has 0 unspecified atom stereocenters. The fourth-order valence-corrected chi connectivity index (χ4v) is 5.91. The average molecular weight is 570 g/mol. The number of hydrogen-bond acceptors (Lipinski definition) is 9. The molecule has 0 spiro atoms. The van der Waals surface area contributed by atoms with E-state index in [0.29, 0.717) is 12.8 Å². The maximum atomic E-state index is 13.2. The highest BCUT2D eigenvalue weighted by Crippen LogP contribution is 2.39. The summed E-state index contributed by atoms with van der Waals surface area (Å²) in [6.45, 7) is 7.67. The van der Waals surface area contributed by atoms with Gasteiger partial charge < -0.3 is 18.9 Å². The number of rotatable bonds is 8. The van der Waals surface area contributed by atoms with E-state index in [9.17, 15) is 18.8 Å². The standard InChI is InChI=1S/C30H32FNO7S/c1-6-24-28(36-17(3)33)30(38-19(5)35)29(37-18(4)34)27(39-24)20-8-7-16(2)22(13-20)14-23-10-11-25(40-23)21-9-12-26(31)32-15-21/h7-13,15,24,27-30H,6,14H2,1-5H3/t24-,27+,28-,29+,30+/m1/s1. The second-order valence-electron chi connectivity index (χ2n) is 9.72. The quantitative estimate of drug-likeness (QED) is 0.199. The number of thiophene rings is 1. The number of benzene rings is 1. The van der Waals surface area contributed by atoms with Gasteiger partial charge in [0.15, 0.2) is 18.3 Å². The summed E-state index contributed by atoms with van der Waals surface area (Å²) in [6, 6.07) is 12.9. The van der Waals surface area contributed by atoms with Crippen molar-refractivity contribution in [3.05, 3.63) is 76.2 Å². The molecule has 1 aliphatic rings. The Morgan fingerprint density at radius 2 is 1.60 bits per heavy atom. The lowest BCUT2D eigenvalue weighted by molar-refractivity contribution is -0.249. The largest absolute Gasteiger partial charge is 0.456 e. The van der Waals surface area contributed by atoms with Crippen LogP contribution in [-0.4, -0.2) is 47.3 Å². The molecule has 0 radical (unpaired) electrons. The molecule has 0 aliphatic carbocycles. The minimum Gasteiger partial charge on any atom is -0.456 e. The van der Waals surface area contributed by atoms with E-state index in [0.717, 1.165) is 32.0 Å². The number of ether oxygens (including phenoxy) is 4. The van der Waals surface area contributed by atoms with Crippen molar-refractivity contribution >= 4 is 29.2 Å². The van der Waals surface area contributed by atoms with Crippen LogP contribution in [0.15, 0.2) is 48.7 Å². The van der Waals surface area contributed by atoms with Crippen molar-refractivity contribution in [1.82, 2.24) is 4.98 Å². The molecule has 3 aromatic rings. The van der Waals surface area contributed by atoms with Gasteiger partial charge in [-0.15, -0.1) is 11.3 Å². The first-order chi connectivity index (χ1) is 19.0. The predicted octanol–water partition coefficient (Wildman–Crippen LogP) is 5.49. The second-order valence-corrected chi connectivity index (χ2v) is 10.9. The lowest BCUT2D eigenvalue weighted by atomic mass is 9.88. The van der Waals surface area contributed by atoms with E-state index in [1.165, 1.54) is 33.0 Å². The fourth-order valence-electron chi connectivity index (χ4n) is 4.89. The molecular weight excluding hydrogens is 537 g/mol. The van der Waals surface area contributed by atoms with Crippen LogP contribution >= 0.6 is 11.3 Å². The number of nitrogens with zero attached hydrogens (tertiary/aromatic N) is 1. The molecule has 8 nitrogen and oxygen atoms in total. The van der Waals surface area contributed by atoms with Gasteiger partial charge in [-0.3, -0.25) is 14.4 Å². The monoisotopic (exact) mass is 569 g/mol. The highest BCUT2D eigenvalue weighted by Gasteiger charge is 2.51. The molecule has 0 bridgehead atoms. The van der Waals surface area contributed by atoms with Crippen LogP contribution in [0.4, 0.5) is 4.39 Å². The Hall–Kier alpha value is -3.63. The third-order valence-corrected chi connectivity index (χ3v) is 7.82. The lowest BCUT2D eigenvalue weighted by Crippen LogP contribution is -2.58. The molecule has 10 heteroatoms. The van der Waals surface area contributed by atoms with Gasteiger partial charge in [0, 0.05) is 48.7 Å². The van der Waals surface area contributed by atoms with Gasteiger partial charge in [-0.1, -0.05) is 25.1 Å². The first-order valence-corrected chi connectivity index (χ1v) is 13.8. The molecule has 0 saturated carbocycles. The van der Waals surface area contributed by atoms with Crippen molar-refractivity contribution in [2.24, 2.45) is 0 Å². The maximum absolute atomic E-state index is 13.2. The van der Waals surface area contributed by atoms with E-state index in [4.69, 9.17) is 18.9 Å². The zero-order valence-electron chi connectivity index (χ0n) is 23.0. The van der Waals surface area contributed by atoms with Crippen molar-refractivity contribution in [2.45, 2.75) is 78.0 Å². The highest BCUT2D eigenvalue weighted by molar-refractivity contribution is 7.15. The number of esters is 3. The summed E-state index contributed by atoms with van der Waals surface area (Å²) in [5, 5.41) is 0. The van der Waals surface area contributed by atoms with Crippen LogP contribution < -0.4 is 0 Å². The number of aromatic nitrogens is 1. The van der Waals surface area contributed by atoms with Gasteiger partial charge in [-0.2, -0.15) is 4.39 Å².